The first kappa shape index (κ1) is 85.3. The van der Waals surface area contributed by atoms with Crippen LogP contribution in [0.4, 0.5) is 23.3 Å². The Morgan fingerprint density at radius 2 is 0.598 bits per heavy atom. The van der Waals surface area contributed by atoms with Crippen molar-refractivity contribution in [3.05, 3.63) is 377 Å². The third kappa shape index (κ3) is 26.0. The van der Waals surface area contributed by atoms with Gasteiger partial charge in [-0.3, -0.25) is 35.4 Å². The summed E-state index contributed by atoms with van der Waals surface area (Å²) >= 11 is 23.4. The monoisotopic (exact) mass is 1640 g/mol. The Kier molecular flexibility index (Phi) is 31.5. The van der Waals surface area contributed by atoms with Gasteiger partial charge in [0.1, 0.15) is 40.8 Å². The normalized spacial score (nSPS) is 12.0. The number of morpholine rings is 1. The van der Waals surface area contributed by atoms with Crippen LogP contribution in [0.2, 0.25) is 20.1 Å². The standard InChI is InChI=1S/C25H25ClN4O2.C25H25ClN4O.C22H20ClN3O.C21H19ClN4O/c26-21-11-12-23(28-17-21)29-25(31)22-4-2-1-3-19(22)8-5-18-6-9-20(10-7-18)24(27)30-13-15-32-16-14-30;26-21-13-14-23(28-17-21)29-25(31)22-6-2-1-5-19(22)10-7-18-8-11-20(12-9-18)24(27)30-15-3-4-16-30;1-15(24)17-9-6-16(7-10-17)8-11-18-4-2-3-5-20(18)22(27)26-21-13-12-19(23)14-25-21;22-17-11-12-19(25-13-17)26-21(27)18-4-2-1-3-15(18)8-5-14-6-9-16(10-7-14)20(23)24/h1-4,6-7,9-12,17,27H,5,8,13-16H2,(H,28,29,31);1-2,5-6,8-9,11-14,17,27H,3-4,7,10,15-16H2,(H,28,29,31);2-7,9-10,12-14,24H,8,11H2,1H3,(H,25,26,27);1-4,6-7,9-13H,5,8H2,(H3,23,24)(H,25,26,27). The summed E-state index contributed by atoms with van der Waals surface area (Å²) in [5, 5.41) is 45.3. The average Bonchev–Trinajstić information content (AvgIpc) is 1.85. The second-order valence-corrected chi connectivity index (χ2v) is 29.5. The van der Waals surface area contributed by atoms with E-state index < -0.39 is 0 Å². The van der Waals surface area contributed by atoms with Crippen LogP contribution in [0.5, 0.6) is 0 Å². The van der Waals surface area contributed by atoms with Crippen molar-refractivity contribution >= 4 is 117 Å². The minimum absolute atomic E-state index is 0.0550. The summed E-state index contributed by atoms with van der Waals surface area (Å²) in [5.41, 5.74) is 20.6. The molecular weight excluding hydrogens is 1550 g/mol. The fourth-order valence-corrected chi connectivity index (χ4v) is 13.5. The number of carbonyl (C=O) groups excluding carboxylic acids is 4. The van der Waals surface area contributed by atoms with Gasteiger partial charge in [-0.25, -0.2) is 19.9 Å². The van der Waals surface area contributed by atoms with Crippen molar-refractivity contribution in [2.45, 2.75) is 71.1 Å². The number of rotatable bonds is 24. The van der Waals surface area contributed by atoms with Crippen LogP contribution in [-0.2, 0) is 56.1 Å². The molecule has 0 aliphatic carbocycles. The Morgan fingerprint density at radius 1 is 0.342 bits per heavy atom. The second-order valence-electron chi connectivity index (χ2n) is 27.7. The fraction of sp³-hybridized carbons (Fsp3) is 0.183. The Labute approximate surface area is 701 Å². The largest absolute Gasteiger partial charge is 0.384 e. The van der Waals surface area contributed by atoms with E-state index in [9.17, 15) is 19.2 Å². The molecule has 24 heteroatoms. The highest BCUT2D eigenvalue weighted by Gasteiger charge is 2.21. The maximum atomic E-state index is 12.8. The number of aryl methyl sites for hydroxylation is 8. The lowest BCUT2D eigenvalue weighted by molar-refractivity contribution is 0.0680. The Hall–Kier alpha value is -12.6. The molecule has 0 saturated carbocycles. The third-order valence-corrected chi connectivity index (χ3v) is 20.4. The van der Waals surface area contributed by atoms with E-state index in [1.807, 2.05) is 169 Å². The molecule has 14 rings (SSSR count). The summed E-state index contributed by atoms with van der Waals surface area (Å²) in [5.74, 6) is 2.31. The molecule has 12 aromatic rings. The summed E-state index contributed by atoms with van der Waals surface area (Å²) < 4.78 is 5.37. The molecule has 20 nitrogen and oxygen atoms in total. The summed E-state index contributed by atoms with van der Waals surface area (Å²) in [6, 6.07) is 75.7. The number of hydrogen-bond acceptors (Lipinski definition) is 13. The molecule has 4 aromatic heterocycles. The van der Waals surface area contributed by atoms with Crippen LogP contribution in [0.25, 0.3) is 0 Å². The number of amides is 4. The number of likely N-dealkylation sites (tertiary alicyclic amines) is 1. The van der Waals surface area contributed by atoms with E-state index in [0.717, 1.165) is 128 Å². The molecule has 594 valence electrons. The zero-order valence-electron chi connectivity index (χ0n) is 64.5. The van der Waals surface area contributed by atoms with Crippen LogP contribution < -0.4 is 27.0 Å². The van der Waals surface area contributed by atoms with Gasteiger partial charge in [0.2, 0.25) is 0 Å². The number of ether oxygens (including phenoxy) is 1. The number of amidine groups is 3. The molecule has 10 N–H and O–H groups in total. The predicted molar refractivity (Wildman–Crippen MR) is 470 cm³/mol. The van der Waals surface area contributed by atoms with Gasteiger partial charge >= 0.3 is 0 Å². The molecule has 0 bridgehead atoms. The predicted octanol–water partition coefficient (Wildman–Crippen LogP) is 18.8. The summed E-state index contributed by atoms with van der Waals surface area (Å²) in [7, 11) is 0. The quantitative estimate of drug-likeness (QED) is 0.0202. The van der Waals surface area contributed by atoms with Gasteiger partial charge in [0.25, 0.3) is 23.6 Å². The maximum absolute atomic E-state index is 12.8. The van der Waals surface area contributed by atoms with E-state index in [2.05, 4.69) is 70.4 Å². The first-order chi connectivity index (χ1) is 56.7. The molecular formula is C93H89Cl4N15O5. The topological polar surface area (TPSA) is 305 Å². The number of hydrogen-bond donors (Lipinski definition) is 9. The minimum atomic E-state index is -0.202. The smallest absolute Gasteiger partial charge is 0.257 e. The van der Waals surface area contributed by atoms with E-state index in [0.29, 0.717) is 102 Å². The molecule has 2 saturated heterocycles. The zero-order valence-corrected chi connectivity index (χ0v) is 67.6. The third-order valence-electron chi connectivity index (χ3n) is 19.5. The molecule has 2 aliphatic rings. The van der Waals surface area contributed by atoms with E-state index in [4.69, 9.17) is 78.5 Å². The van der Waals surface area contributed by atoms with Crippen molar-refractivity contribution in [1.29, 1.82) is 21.6 Å². The van der Waals surface area contributed by atoms with Crippen LogP contribution in [0.1, 0.15) is 128 Å². The molecule has 4 amide bonds. The lowest BCUT2D eigenvalue weighted by Gasteiger charge is -2.29. The molecule has 8 aromatic carbocycles. The Balaban J connectivity index is 0.000000154. The molecule has 117 heavy (non-hydrogen) atoms. The van der Waals surface area contributed by atoms with Gasteiger partial charge in [0.15, 0.2) is 0 Å². The van der Waals surface area contributed by atoms with E-state index in [1.54, 1.807) is 61.5 Å². The van der Waals surface area contributed by atoms with Gasteiger partial charge in [-0.05, 0) is 194 Å². The molecule has 0 unspecified atom stereocenters. The van der Waals surface area contributed by atoms with Crippen LogP contribution in [-0.4, -0.2) is 116 Å². The van der Waals surface area contributed by atoms with E-state index >= 15 is 0 Å². The number of nitrogens with two attached hydrogens (primary N) is 1. The molecule has 0 radical (unpaired) electrons. The summed E-state index contributed by atoms with van der Waals surface area (Å²) in [6.07, 6.45) is 14.5. The fourth-order valence-electron chi connectivity index (χ4n) is 13.0. The maximum Gasteiger partial charge on any atom is 0.257 e. The molecule has 2 fully saturated rings. The van der Waals surface area contributed by atoms with Crippen LogP contribution >= 0.6 is 46.4 Å². The van der Waals surface area contributed by atoms with Gasteiger partial charge in [-0.2, -0.15) is 0 Å². The van der Waals surface area contributed by atoms with Crippen molar-refractivity contribution in [3.8, 4) is 0 Å². The average molecular weight is 1640 g/mol. The number of halogens is 4. The van der Waals surface area contributed by atoms with Crippen LogP contribution in [0, 0.1) is 21.6 Å². The van der Waals surface area contributed by atoms with Gasteiger partial charge < -0.3 is 46.9 Å². The Morgan fingerprint density at radius 3 is 0.855 bits per heavy atom. The number of carbonyl (C=O) groups is 4. The number of nitrogens with one attached hydrogen (secondary N) is 8. The second kappa shape index (κ2) is 43.2. The SMILES string of the molecule is CC(=N)c1ccc(CCc2ccccc2C(=O)Nc2ccc(Cl)cn2)cc1.N=C(N)c1ccc(CCc2ccccc2C(=O)Nc2ccc(Cl)cn2)cc1.N=C(c1ccc(CCc2ccccc2C(=O)Nc2ccc(Cl)cn2)cc1)N1CCCC1.N=C(c1ccc(CCc2ccccc2C(=O)Nc2ccc(Cl)cn2)cc1)N1CCOCC1. The van der Waals surface area contributed by atoms with E-state index in [1.165, 1.54) is 48.8 Å². The number of nitrogen functional groups attached to an aromatic ring is 1. The van der Waals surface area contributed by atoms with Crippen molar-refractivity contribution in [3.63, 3.8) is 0 Å². The number of pyridine rings is 4. The lowest BCUT2D eigenvalue weighted by atomic mass is 9.98. The number of anilines is 4. The number of aromatic nitrogens is 4. The lowest BCUT2D eigenvalue weighted by Crippen LogP contribution is -2.40. The Bertz CT molecular complexity index is 5220. The molecule has 0 spiro atoms. The highest BCUT2D eigenvalue weighted by Crippen LogP contribution is 2.24. The number of benzene rings is 8. The van der Waals surface area contributed by atoms with Crippen molar-refractivity contribution in [1.82, 2.24) is 29.7 Å². The highest BCUT2D eigenvalue weighted by molar-refractivity contribution is 6.31. The van der Waals surface area contributed by atoms with Crippen LogP contribution in [0.15, 0.2) is 267 Å². The first-order valence-corrected chi connectivity index (χ1v) is 39.8. The highest BCUT2D eigenvalue weighted by atomic mass is 35.5. The zero-order chi connectivity index (χ0) is 82.4. The summed E-state index contributed by atoms with van der Waals surface area (Å²) in [6.45, 7) is 6.58. The van der Waals surface area contributed by atoms with Crippen molar-refractivity contribution in [2.24, 2.45) is 5.73 Å². The molecule has 2 aliphatic heterocycles. The van der Waals surface area contributed by atoms with Gasteiger partial charge in [-0.15, -0.1) is 0 Å². The molecule has 6 heterocycles. The molecule has 0 atom stereocenters. The first-order valence-electron chi connectivity index (χ1n) is 38.3. The van der Waals surface area contributed by atoms with Crippen LogP contribution in [0.3, 0.4) is 0 Å². The summed E-state index contributed by atoms with van der Waals surface area (Å²) in [4.78, 5) is 71.5. The van der Waals surface area contributed by atoms with Crippen molar-refractivity contribution < 1.29 is 23.9 Å². The number of nitrogens with zero attached hydrogens (tertiary/aromatic N) is 6. The van der Waals surface area contributed by atoms with E-state index in [-0.39, 0.29) is 29.5 Å². The van der Waals surface area contributed by atoms with Gasteiger partial charge in [0.05, 0.1) is 33.3 Å². The minimum Gasteiger partial charge on any atom is -0.384 e. The van der Waals surface area contributed by atoms with Crippen molar-refractivity contribution in [2.75, 3.05) is 60.7 Å². The van der Waals surface area contributed by atoms with Gasteiger partial charge in [-0.1, -0.05) is 216 Å². The van der Waals surface area contributed by atoms with Gasteiger partial charge in [0, 0.05) is 95.6 Å².